The third kappa shape index (κ3) is 3.78. The second-order valence-corrected chi connectivity index (χ2v) is 6.97. The number of nitrogens with zero attached hydrogens (tertiary/aromatic N) is 3. The Kier molecular flexibility index (Phi) is 5.14. The van der Waals surface area contributed by atoms with Crippen LogP contribution >= 0.6 is 23.8 Å². The number of halogens is 1. The van der Waals surface area contributed by atoms with Crippen LogP contribution in [0.15, 0.2) is 72.7 Å². The number of amides is 1. The maximum Gasteiger partial charge on any atom is 0.276 e. The number of rotatable bonds is 4. The zero-order valence-electron chi connectivity index (χ0n) is 14.7. The predicted molar refractivity (Wildman–Crippen MR) is 113 cm³/mol. The van der Waals surface area contributed by atoms with Crippen molar-refractivity contribution in [3.63, 3.8) is 0 Å². The first-order valence-corrected chi connectivity index (χ1v) is 9.36. The van der Waals surface area contributed by atoms with Crippen LogP contribution in [0.4, 0.5) is 0 Å². The first-order valence-electron chi connectivity index (χ1n) is 8.57. The van der Waals surface area contributed by atoms with Crippen molar-refractivity contribution in [2.75, 3.05) is 0 Å². The van der Waals surface area contributed by atoms with Gasteiger partial charge in [-0.05, 0) is 29.9 Å². The molecule has 1 aromatic heterocycles. The van der Waals surface area contributed by atoms with Gasteiger partial charge in [-0.1, -0.05) is 60.1 Å². The molecule has 0 spiro atoms. The minimum atomic E-state index is -0.211. The lowest BCUT2D eigenvalue weighted by Crippen LogP contribution is -2.30. The van der Waals surface area contributed by atoms with E-state index in [9.17, 15) is 4.79 Å². The van der Waals surface area contributed by atoms with E-state index in [1.807, 2.05) is 48.5 Å². The number of hydrogen-bond donors (Lipinski definition) is 1. The van der Waals surface area contributed by atoms with Crippen LogP contribution in [0.1, 0.15) is 11.1 Å². The monoisotopic (exact) mass is 406 g/mol. The van der Waals surface area contributed by atoms with Crippen molar-refractivity contribution < 1.29 is 4.79 Å². The Morgan fingerprint density at radius 1 is 1.04 bits per heavy atom. The van der Waals surface area contributed by atoms with Gasteiger partial charge in [-0.25, -0.2) is 9.97 Å². The molecule has 0 aliphatic carbocycles. The van der Waals surface area contributed by atoms with Gasteiger partial charge in [0.15, 0.2) is 10.9 Å². The van der Waals surface area contributed by atoms with Crippen LogP contribution in [0.3, 0.4) is 0 Å². The number of thiocarbonyl (C=S) groups is 1. The molecular formula is C21H15ClN4OS. The highest BCUT2D eigenvalue weighted by molar-refractivity contribution is 7.80. The normalized spacial score (nSPS) is 15.2. The Bertz CT molecular complexity index is 1070. The highest BCUT2D eigenvalue weighted by atomic mass is 35.5. The molecule has 0 unspecified atom stereocenters. The van der Waals surface area contributed by atoms with Crippen LogP contribution in [0.25, 0.3) is 17.5 Å². The summed E-state index contributed by atoms with van der Waals surface area (Å²) in [5.74, 6) is 0.418. The van der Waals surface area contributed by atoms with Gasteiger partial charge >= 0.3 is 0 Å². The zero-order valence-corrected chi connectivity index (χ0v) is 16.2. The van der Waals surface area contributed by atoms with E-state index in [-0.39, 0.29) is 5.91 Å². The zero-order chi connectivity index (χ0) is 19.5. The lowest BCUT2D eigenvalue weighted by atomic mass is 10.2. The molecular weight excluding hydrogens is 392 g/mol. The smallest absolute Gasteiger partial charge is 0.276 e. The highest BCUT2D eigenvalue weighted by Gasteiger charge is 2.31. The molecule has 7 heteroatoms. The molecule has 28 heavy (non-hydrogen) atoms. The quantitative estimate of drug-likeness (QED) is 0.523. The van der Waals surface area contributed by atoms with Crippen LogP contribution in [0, 0.1) is 0 Å². The average molecular weight is 407 g/mol. The summed E-state index contributed by atoms with van der Waals surface area (Å²) in [6.45, 7) is 0.311. The maximum absolute atomic E-state index is 12.7. The van der Waals surface area contributed by atoms with Gasteiger partial charge in [0.2, 0.25) is 0 Å². The maximum atomic E-state index is 12.7. The molecule has 1 N–H and O–H groups in total. The van der Waals surface area contributed by atoms with Gasteiger partial charge in [0, 0.05) is 28.5 Å². The summed E-state index contributed by atoms with van der Waals surface area (Å²) in [5.41, 5.74) is 2.85. The molecule has 1 aliphatic rings. The Morgan fingerprint density at radius 3 is 2.43 bits per heavy atom. The lowest BCUT2D eigenvalue weighted by Gasteiger charge is -2.14. The summed E-state index contributed by atoms with van der Waals surface area (Å²) < 4.78 is 0. The Morgan fingerprint density at radius 2 is 1.71 bits per heavy atom. The van der Waals surface area contributed by atoms with Crippen molar-refractivity contribution in [1.82, 2.24) is 20.2 Å². The van der Waals surface area contributed by atoms with E-state index >= 15 is 0 Å². The second kappa shape index (κ2) is 7.88. The minimum absolute atomic E-state index is 0.211. The van der Waals surface area contributed by atoms with Gasteiger partial charge in [-0.2, -0.15) is 0 Å². The molecule has 0 saturated carbocycles. The third-order valence-electron chi connectivity index (χ3n) is 4.26. The molecule has 0 atom stereocenters. The Hall–Kier alpha value is -3.09. The van der Waals surface area contributed by atoms with Crippen molar-refractivity contribution in [2.24, 2.45) is 0 Å². The first-order chi connectivity index (χ1) is 13.6. The molecule has 1 aliphatic heterocycles. The largest absolute Gasteiger partial charge is 0.328 e. The van der Waals surface area contributed by atoms with Gasteiger partial charge in [0.25, 0.3) is 5.91 Å². The van der Waals surface area contributed by atoms with Crippen LogP contribution in [0.5, 0.6) is 0 Å². The number of carbonyl (C=O) groups excluding carboxylic acids is 1. The van der Waals surface area contributed by atoms with E-state index in [1.54, 1.807) is 24.5 Å². The summed E-state index contributed by atoms with van der Waals surface area (Å²) in [4.78, 5) is 23.0. The van der Waals surface area contributed by atoms with Crippen molar-refractivity contribution in [2.45, 2.75) is 6.54 Å². The van der Waals surface area contributed by atoms with E-state index < -0.39 is 0 Å². The average Bonchev–Trinajstić information content (AvgIpc) is 2.98. The fourth-order valence-electron chi connectivity index (χ4n) is 2.83. The molecule has 0 bridgehead atoms. The van der Waals surface area contributed by atoms with Crippen LogP contribution in [0.2, 0.25) is 5.02 Å². The fraction of sp³-hybridized carbons (Fsp3) is 0.0476. The lowest BCUT2D eigenvalue weighted by molar-refractivity contribution is -0.122. The van der Waals surface area contributed by atoms with E-state index in [4.69, 9.17) is 23.8 Å². The predicted octanol–water partition coefficient (Wildman–Crippen LogP) is 4.05. The molecule has 2 aromatic carbocycles. The van der Waals surface area contributed by atoms with Crippen molar-refractivity contribution in [1.29, 1.82) is 0 Å². The van der Waals surface area contributed by atoms with E-state index in [0.29, 0.717) is 33.8 Å². The van der Waals surface area contributed by atoms with Crippen molar-refractivity contribution in [3.8, 4) is 11.4 Å². The summed E-state index contributed by atoms with van der Waals surface area (Å²) >= 11 is 11.5. The highest BCUT2D eigenvalue weighted by Crippen LogP contribution is 2.21. The molecule has 1 saturated heterocycles. The SMILES string of the molecule is O=C1C(=Cc2cnc(-c3ccccc3)nc2)NC(=S)N1Cc1ccccc1Cl. The van der Waals surface area contributed by atoms with E-state index in [2.05, 4.69) is 15.3 Å². The molecule has 1 amide bonds. The van der Waals surface area contributed by atoms with Crippen LogP contribution < -0.4 is 5.32 Å². The molecule has 5 nitrogen and oxygen atoms in total. The number of benzene rings is 2. The topological polar surface area (TPSA) is 58.1 Å². The van der Waals surface area contributed by atoms with Gasteiger partial charge in [0.05, 0.1) is 6.54 Å². The third-order valence-corrected chi connectivity index (χ3v) is 4.95. The van der Waals surface area contributed by atoms with E-state index in [0.717, 1.165) is 11.1 Å². The number of carbonyl (C=O) groups is 1. The van der Waals surface area contributed by atoms with E-state index in [1.165, 1.54) is 4.90 Å². The molecule has 1 fully saturated rings. The molecule has 4 rings (SSSR count). The summed E-state index contributed by atoms with van der Waals surface area (Å²) in [6.07, 6.45) is 5.05. The van der Waals surface area contributed by atoms with Gasteiger partial charge < -0.3 is 5.32 Å². The van der Waals surface area contributed by atoms with Gasteiger partial charge in [-0.3, -0.25) is 9.69 Å². The van der Waals surface area contributed by atoms with Crippen LogP contribution in [-0.4, -0.2) is 25.9 Å². The first kappa shape index (κ1) is 18.3. The van der Waals surface area contributed by atoms with Gasteiger partial charge in [0.1, 0.15) is 5.70 Å². The summed E-state index contributed by atoms with van der Waals surface area (Å²) in [7, 11) is 0. The molecule has 0 radical (unpaired) electrons. The molecule has 3 aromatic rings. The van der Waals surface area contributed by atoms with Gasteiger partial charge in [-0.15, -0.1) is 0 Å². The second-order valence-electron chi connectivity index (χ2n) is 6.18. The van der Waals surface area contributed by atoms with Crippen molar-refractivity contribution >= 4 is 40.9 Å². The Balaban J connectivity index is 1.53. The van der Waals surface area contributed by atoms with Crippen molar-refractivity contribution in [3.05, 3.63) is 88.8 Å². The molecule has 138 valence electrons. The number of hydrogen-bond acceptors (Lipinski definition) is 4. The number of aromatic nitrogens is 2. The standard InChI is InChI=1S/C21H15ClN4OS/c22-17-9-5-4-8-16(17)13-26-20(27)18(25-21(26)28)10-14-11-23-19(24-12-14)15-6-2-1-3-7-15/h1-12H,13H2,(H,25,28). The summed E-state index contributed by atoms with van der Waals surface area (Å²) in [5, 5.41) is 3.90. The summed E-state index contributed by atoms with van der Waals surface area (Å²) in [6, 6.07) is 17.1. The Labute approximate surface area is 172 Å². The van der Waals surface area contributed by atoms with Crippen LogP contribution in [-0.2, 0) is 11.3 Å². The molecule has 2 heterocycles. The minimum Gasteiger partial charge on any atom is -0.328 e. The fourth-order valence-corrected chi connectivity index (χ4v) is 3.28. The number of nitrogens with one attached hydrogen (secondary N) is 1.